The molecule has 25 heavy (non-hydrogen) atoms. The molecule has 0 saturated carbocycles. The molecule has 3 heterocycles. The number of nitrogens with zero attached hydrogens (tertiary/aromatic N) is 4. The van der Waals surface area contributed by atoms with E-state index in [4.69, 9.17) is 11.6 Å². The highest BCUT2D eigenvalue weighted by molar-refractivity contribution is 7.17. The predicted molar refractivity (Wildman–Crippen MR) is 101 cm³/mol. The summed E-state index contributed by atoms with van der Waals surface area (Å²) in [5.74, 6) is 0.965. The highest BCUT2D eigenvalue weighted by Gasteiger charge is 2.30. The normalized spacial score (nSPS) is 17.2. The van der Waals surface area contributed by atoms with Gasteiger partial charge in [-0.15, -0.1) is 5.10 Å². The molecule has 0 bridgehead atoms. The third kappa shape index (κ3) is 3.14. The summed E-state index contributed by atoms with van der Waals surface area (Å²) in [6.07, 6.45) is 4.40. The van der Waals surface area contributed by atoms with Gasteiger partial charge in [-0.3, -0.25) is 4.90 Å². The molecule has 7 heteroatoms. The Morgan fingerprint density at radius 2 is 1.92 bits per heavy atom. The van der Waals surface area contributed by atoms with E-state index in [1.54, 1.807) is 4.52 Å². The third-order valence-corrected chi connectivity index (χ3v) is 6.07. The molecule has 1 saturated heterocycles. The zero-order chi connectivity index (χ0) is 17.4. The monoisotopic (exact) mass is 376 g/mol. The van der Waals surface area contributed by atoms with Crippen LogP contribution in [0, 0.1) is 0 Å². The van der Waals surface area contributed by atoms with Crippen molar-refractivity contribution in [2.45, 2.75) is 38.6 Å². The van der Waals surface area contributed by atoms with E-state index in [-0.39, 0.29) is 11.9 Å². The number of fused-ring (bicyclic) bond motifs is 1. The number of hydrogen-bond acceptors (Lipinski definition) is 5. The van der Waals surface area contributed by atoms with E-state index in [1.165, 1.54) is 30.6 Å². The number of thiazole rings is 1. The zero-order valence-corrected chi connectivity index (χ0v) is 15.7. The standard InChI is InChI=1S/C18H21ClN4OS/c1-2-14-20-18-23(21-14)17(24)16(25-18)15(22-10-4-3-5-11-22)12-6-8-13(19)9-7-12/h6-9,15,24H,2-5,10-11H2,1H3/t15-/m1/s1. The van der Waals surface area contributed by atoms with Gasteiger partial charge in [-0.1, -0.05) is 48.4 Å². The third-order valence-electron chi connectivity index (χ3n) is 4.75. The quantitative estimate of drug-likeness (QED) is 0.738. The summed E-state index contributed by atoms with van der Waals surface area (Å²) in [4.78, 5) is 8.62. The Morgan fingerprint density at radius 3 is 2.56 bits per heavy atom. The summed E-state index contributed by atoms with van der Waals surface area (Å²) in [5, 5.41) is 16.0. The van der Waals surface area contributed by atoms with E-state index in [0.717, 1.165) is 45.8 Å². The second kappa shape index (κ2) is 6.94. The molecule has 0 amide bonds. The van der Waals surface area contributed by atoms with Crippen LogP contribution in [-0.2, 0) is 6.42 Å². The summed E-state index contributed by atoms with van der Waals surface area (Å²) in [6, 6.07) is 7.94. The highest BCUT2D eigenvalue weighted by atomic mass is 35.5. The van der Waals surface area contributed by atoms with Crippen molar-refractivity contribution in [1.82, 2.24) is 19.5 Å². The first kappa shape index (κ1) is 16.8. The Kier molecular flexibility index (Phi) is 4.67. The van der Waals surface area contributed by atoms with Gasteiger partial charge in [0.25, 0.3) is 0 Å². The smallest absolute Gasteiger partial charge is 0.230 e. The summed E-state index contributed by atoms with van der Waals surface area (Å²) in [5.41, 5.74) is 1.14. The first-order valence-corrected chi connectivity index (χ1v) is 9.93. The average Bonchev–Trinajstić information content (AvgIpc) is 3.18. The Morgan fingerprint density at radius 1 is 1.20 bits per heavy atom. The molecule has 1 N–H and O–H groups in total. The van der Waals surface area contributed by atoms with Crippen LogP contribution in [0.25, 0.3) is 4.96 Å². The molecule has 0 unspecified atom stereocenters. The minimum absolute atomic E-state index is 0.0103. The van der Waals surface area contributed by atoms with Gasteiger partial charge in [0.2, 0.25) is 10.8 Å². The van der Waals surface area contributed by atoms with Gasteiger partial charge >= 0.3 is 0 Å². The van der Waals surface area contributed by atoms with Crippen molar-refractivity contribution in [2.24, 2.45) is 0 Å². The zero-order valence-electron chi connectivity index (χ0n) is 14.2. The summed E-state index contributed by atoms with van der Waals surface area (Å²) < 4.78 is 1.58. The minimum Gasteiger partial charge on any atom is -0.492 e. The van der Waals surface area contributed by atoms with Gasteiger partial charge < -0.3 is 5.11 Å². The second-order valence-electron chi connectivity index (χ2n) is 6.42. The predicted octanol–water partition coefficient (Wildman–Crippen LogP) is 4.29. The van der Waals surface area contributed by atoms with Crippen LogP contribution in [0.4, 0.5) is 0 Å². The van der Waals surface area contributed by atoms with Crippen LogP contribution in [0.15, 0.2) is 24.3 Å². The van der Waals surface area contributed by atoms with Gasteiger partial charge in [-0.25, -0.2) is 4.98 Å². The first-order chi connectivity index (χ1) is 12.2. The van der Waals surface area contributed by atoms with Crippen LogP contribution < -0.4 is 0 Å². The van der Waals surface area contributed by atoms with Crippen LogP contribution in [0.3, 0.4) is 0 Å². The topological polar surface area (TPSA) is 53.7 Å². The molecule has 1 aliphatic rings. The number of aromatic nitrogens is 3. The van der Waals surface area contributed by atoms with Gasteiger partial charge in [-0.2, -0.15) is 4.52 Å². The number of halogens is 1. The van der Waals surface area contributed by atoms with Gasteiger partial charge in [0, 0.05) is 11.4 Å². The fraction of sp³-hybridized carbons (Fsp3) is 0.444. The van der Waals surface area contributed by atoms with E-state index in [1.807, 2.05) is 19.1 Å². The molecule has 2 aromatic heterocycles. The van der Waals surface area contributed by atoms with Crippen molar-refractivity contribution >= 4 is 27.9 Å². The number of likely N-dealkylation sites (tertiary alicyclic amines) is 1. The van der Waals surface area contributed by atoms with Gasteiger partial charge in [0.05, 0.1) is 10.9 Å². The van der Waals surface area contributed by atoms with Crippen molar-refractivity contribution < 1.29 is 5.11 Å². The van der Waals surface area contributed by atoms with Gasteiger partial charge in [0.15, 0.2) is 5.82 Å². The number of aryl methyl sites for hydroxylation is 1. The van der Waals surface area contributed by atoms with Crippen molar-refractivity contribution in [3.8, 4) is 5.88 Å². The fourth-order valence-electron chi connectivity index (χ4n) is 3.47. The second-order valence-corrected chi connectivity index (χ2v) is 7.86. The molecular weight excluding hydrogens is 356 g/mol. The SMILES string of the molecule is CCc1nc2sc([C@@H](c3ccc(Cl)cc3)N3CCCCC3)c(O)n2n1. The lowest BCUT2D eigenvalue weighted by Gasteiger charge is -2.34. The molecule has 132 valence electrons. The molecule has 0 radical (unpaired) electrons. The summed E-state index contributed by atoms with van der Waals surface area (Å²) in [7, 11) is 0. The molecule has 0 spiro atoms. The van der Waals surface area contributed by atoms with Crippen LogP contribution in [-0.4, -0.2) is 37.7 Å². The fourth-order valence-corrected chi connectivity index (χ4v) is 4.73. The van der Waals surface area contributed by atoms with Crippen molar-refractivity contribution in [1.29, 1.82) is 0 Å². The Labute approximate surface area is 155 Å². The molecule has 3 aromatic rings. The average molecular weight is 377 g/mol. The maximum atomic E-state index is 10.8. The summed E-state index contributed by atoms with van der Waals surface area (Å²) in [6.45, 7) is 4.07. The molecule has 4 rings (SSSR count). The molecule has 1 fully saturated rings. The first-order valence-electron chi connectivity index (χ1n) is 8.74. The van der Waals surface area contributed by atoms with E-state index >= 15 is 0 Å². The molecule has 5 nitrogen and oxygen atoms in total. The molecule has 1 aliphatic heterocycles. The lowest BCUT2D eigenvalue weighted by Crippen LogP contribution is -2.34. The van der Waals surface area contributed by atoms with Crippen molar-refractivity contribution in [2.75, 3.05) is 13.1 Å². The largest absolute Gasteiger partial charge is 0.492 e. The van der Waals surface area contributed by atoms with Crippen LogP contribution in [0.1, 0.15) is 48.5 Å². The van der Waals surface area contributed by atoms with Gasteiger partial charge in [0.1, 0.15) is 0 Å². The van der Waals surface area contributed by atoms with Crippen LogP contribution in [0.2, 0.25) is 5.02 Å². The lowest BCUT2D eigenvalue weighted by atomic mass is 10.0. The van der Waals surface area contributed by atoms with Crippen LogP contribution in [0.5, 0.6) is 5.88 Å². The van der Waals surface area contributed by atoms with E-state index in [9.17, 15) is 5.11 Å². The number of aromatic hydroxyl groups is 1. The van der Waals surface area contributed by atoms with Crippen molar-refractivity contribution in [3.05, 3.63) is 45.6 Å². The van der Waals surface area contributed by atoms with Crippen molar-refractivity contribution in [3.63, 3.8) is 0 Å². The Hall–Kier alpha value is -1.63. The highest BCUT2D eigenvalue weighted by Crippen LogP contribution is 2.41. The Bertz CT molecular complexity index is 867. The summed E-state index contributed by atoms with van der Waals surface area (Å²) >= 11 is 7.60. The molecule has 1 atom stereocenters. The molecule has 1 aromatic carbocycles. The van der Waals surface area contributed by atoms with Crippen LogP contribution >= 0.6 is 22.9 Å². The number of rotatable bonds is 4. The maximum Gasteiger partial charge on any atom is 0.230 e. The Balaban J connectivity index is 1.80. The minimum atomic E-state index is 0.0103. The van der Waals surface area contributed by atoms with E-state index in [0.29, 0.717) is 0 Å². The van der Waals surface area contributed by atoms with E-state index in [2.05, 4.69) is 27.1 Å². The van der Waals surface area contributed by atoms with E-state index < -0.39 is 0 Å². The number of piperidine rings is 1. The number of benzene rings is 1. The van der Waals surface area contributed by atoms with Gasteiger partial charge in [-0.05, 0) is 43.6 Å². The molecule has 0 aliphatic carbocycles. The number of hydrogen-bond donors (Lipinski definition) is 1. The maximum absolute atomic E-state index is 10.8. The lowest BCUT2D eigenvalue weighted by molar-refractivity contribution is 0.186. The molecular formula is C18H21ClN4OS.